The number of aromatic nitrogens is 3. The van der Waals surface area contributed by atoms with Crippen molar-refractivity contribution in [2.75, 3.05) is 19.2 Å². The number of benzene rings is 1. The molecule has 1 aromatic carbocycles. The fourth-order valence-electron chi connectivity index (χ4n) is 4.68. The average molecular weight is 606 g/mol. The van der Waals surface area contributed by atoms with E-state index < -0.39 is 50.5 Å². The van der Waals surface area contributed by atoms with Crippen molar-refractivity contribution in [1.82, 2.24) is 19.6 Å². The Morgan fingerprint density at radius 1 is 1.36 bits per heavy atom. The lowest BCUT2D eigenvalue weighted by atomic mass is 9.98. The summed E-state index contributed by atoms with van der Waals surface area (Å²) in [5.41, 5.74) is 0.938. The second kappa shape index (κ2) is 12.7. The summed E-state index contributed by atoms with van der Waals surface area (Å²) in [7, 11) is -3.14. The van der Waals surface area contributed by atoms with Crippen molar-refractivity contribution in [1.29, 1.82) is 0 Å². The van der Waals surface area contributed by atoms with Crippen molar-refractivity contribution in [3.63, 3.8) is 0 Å². The van der Waals surface area contributed by atoms with Crippen LogP contribution < -0.4 is 15.1 Å². The minimum absolute atomic E-state index is 0.00250. The van der Waals surface area contributed by atoms with E-state index in [0.717, 1.165) is 31.7 Å². The van der Waals surface area contributed by atoms with Crippen LogP contribution in [0, 0.1) is 12.3 Å². The summed E-state index contributed by atoms with van der Waals surface area (Å²) in [4.78, 5) is 20.1. The number of hydrogen-bond acceptors (Lipinski definition) is 11. The number of terminal acetylenes is 1. The third-order valence-electron chi connectivity index (χ3n) is 6.84. The first kappa shape index (κ1) is 31.4. The van der Waals surface area contributed by atoms with E-state index in [4.69, 9.17) is 24.9 Å². The Balaban J connectivity index is 1.59. The number of rotatable bonds is 12. The van der Waals surface area contributed by atoms with Gasteiger partial charge in [0.25, 0.3) is 0 Å². The van der Waals surface area contributed by atoms with Gasteiger partial charge in [0.2, 0.25) is 0 Å². The van der Waals surface area contributed by atoms with E-state index in [9.17, 15) is 19.7 Å². The van der Waals surface area contributed by atoms with E-state index in [1.165, 1.54) is 24.8 Å². The van der Waals surface area contributed by atoms with Crippen LogP contribution in [0.1, 0.15) is 44.5 Å². The number of esters is 1. The van der Waals surface area contributed by atoms with Crippen LogP contribution in [0.2, 0.25) is 0 Å². The largest absolute Gasteiger partial charge is 0.468 e. The molecule has 1 aliphatic heterocycles. The number of hydrogen-bond donors (Lipinski definition) is 4. The van der Waals surface area contributed by atoms with Crippen LogP contribution in [0.25, 0.3) is 11.0 Å². The van der Waals surface area contributed by atoms with Crippen LogP contribution in [-0.4, -0.2) is 68.5 Å². The SMILES string of the molecule is C#Cc1cn([C@@H]2O[C@H](COP(=O)(NC(C)C(=O)OC)Oc3ccc(CCC)cc3)[C@@H](O)[C@@]2(C)F)c2ncnc(NO)c12. The van der Waals surface area contributed by atoms with Crippen molar-refractivity contribution < 1.29 is 42.6 Å². The van der Waals surface area contributed by atoms with Crippen LogP contribution >= 0.6 is 7.75 Å². The van der Waals surface area contributed by atoms with Gasteiger partial charge in [0.1, 0.15) is 36.0 Å². The summed E-state index contributed by atoms with van der Waals surface area (Å²) >= 11 is 0. The van der Waals surface area contributed by atoms with Crippen LogP contribution in [0.4, 0.5) is 10.2 Å². The van der Waals surface area contributed by atoms with Gasteiger partial charge >= 0.3 is 13.7 Å². The molecule has 13 nitrogen and oxygen atoms in total. The molecule has 0 saturated carbocycles. The van der Waals surface area contributed by atoms with Gasteiger partial charge in [-0.05, 0) is 38.0 Å². The molecule has 0 amide bonds. The van der Waals surface area contributed by atoms with Gasteiger partial charge in [0, 0.05) is 6.20 Å². The molecule has 2 aromatic heterocycles. The number of ether oxygens (including phenoxy) is 2. The Bertz CT molecular complexity index is 1510. The van der Waals surface area contributed by atoms with Gasteiger partial charge in [-0.3, -0.25) is 20.0 Å². The van der Waals surface area contributed by atoms with E-state index in [1.54, 1.807) is 12.1 Å². The first-order valence-electron chi connectivity index (χ1n) is 13.1. The second-order valence-corrected chi connectivity index (χ2v) is 11.6. The van der Waals surface area contributed by atoms with E-state index >= 15 is 4.39 Å². The zero-order chi connectivity index (χ0) is 30.7. The topological polar surface area (TPSA) is 166 Å². The second-order valence-electron chi connectivity index (χ2n) is 9.90. The molecule has 0 aliphatic carbocycles. The quantitative estimate of drug-likeness (QED) is 0.103. The van der Waals surface area contributed by atoms with E-state index in [-0.39, 0.29) is 28.2 Å². The van der Waals surface area contributed by atoms with Gasteiger partial charge in [-0.25, -0.2) is 18.9 Å². The molecule has 1 fully saturated rings. The maximum Gasteiger partial charge on any atom is 0.459 e. The van der Waals surface area contributed by atoms with Crippen molar-refractivity contribution in [2.24, 2.45) is 0 Å². The van der Waals surface area contributed by atoms with Gasteiger partial charge in [-0.15, -0.1) is 6.42 Å². The van der Waals surface area contributed by atoms with Gasteiger partial charge in [-0.1, -0.05) is 31.4 Å². The Morgan fingerprint density at radius 3 is 2.69 bits per heavy atom. The Labute approximate surface area is 241 Å². The highest BCUT2D eigenvalue weighted by Gasteiger charge is 2.56. The molecule has 0 spiro atoms. The summed E-state index contributed by atoms with van der Waals surface area (Å²) in [6.07, 6.45) is 5.35. The fourth-order valence-corrected chi connectivity index (χ4v) is 6.18. The normalized spacial score (nSPS) is 24.1. The van der Waals surface area contributed by atoms with Crippen molar-refractivity contribution >= 4 is 30.6 Å². The van der Waals surface area contributed by atoms with Gasteiger partial charge in [-0.2, -0.15) is 5.09 Å². The van der Waals surface area contributed by atoms with E-state index in [1.807, 2.05) is 24.5 Å². The first-order valence-corrected chi connectivity index (χ1v) is 14.7. The molecule has 0 radical (unpaired) electrons. The van der Waals surface area contributed by atoms with Crippen LogP contribution in [0.15, 0.2) is 36.8 Å². The number of aryl methyl sites for hydroxylation is 1. The molecule has 226 valence electrons. The molecule has 4 N–H and O–H groups in total. The number of nitrogens with one attached hydrogen (secondary N) is 2. The molecule has 0 bridgehead atoms. The maximum atomic E-state index is 16.1. The number of carbonyl (C=O) groups is 1. The minimum Gasteiger partial charge on any atom is -0.468 e. The lowest BCUT2D eigenvalue weighted by molar-refractivity contribution is -0.142. The number of aliphatic hydroxyl groups is 1. The number of carbonyl (C=O) groups excluding carboxylic acids is 1. The number of methoxy groups -OCH3 is 1. The van der Waals surface area contributed by atoms with Gasteiger partial charge in [0.05, 0.1) is 24.7 Å². The number of fused-ring (bicyclic) bond motifs is 1. The number of nitrogens with zero attached hydrogens (tertiary/aromatic N) is 3. The zero-order valence-corrected chi connectivity index (χ0v) is 24.4. The predicted octanol–water partition coefficient (Wildman–Crippen LogP) is 3.51. The third-order valence-corrected chi connectivity index (χ3v) is 8.49. The molecule has 15 heteroatoms. The molecule has 2 unspecified atom stereocenters. The number of aliphatic hydroxyl groups excluding tert-OH is 1. The van der Waals surface area contributed by atoms with Crippen LogP contribution in [0.3, 0.4) is 0 Å². The van der Waals surface area contributed by atoms with Crippen LogP contribution in [0.5, 0.6) is 5.75 Å². The number of alkyl halides is 1. The molecular weight excluding hydrogens is 572 g/mol. The highest BCUT2D eigenvalue weighted by Crippen LogP contribution is 2.48. The summed E-state index contributed by atoms with van der Waals surface area (Å²) in [6.45, 7) is 3.98. The predicted molar refractivity (Wildman–Crippen MR) is 150 cm³/mol. The highest BCUT2D eigenvalue weighted by molar-refractivity contribution is 7.52. The molecular formula is C27H33FN5O8P. The molecule has 1 aliphatic rings. The lowest BCUT2D eigenvalue weighted by Crippen LogP contribution is -2.41. The summed E-state index contributed by atoms with van der Waals surface area (Å²) in [5, 5.41) is 23.1. The van der Waals surface area contributed by atoms with Gasteiger partial charge in [0.15, 0.2) is 17.7 Å². The van der Waals surface area contributed by atoms with Crippen molar-refractivity contribution in [3.8, 4) is 18.1 Å². The zero-order valence-electron chi connectivity index (χ0n) is 23.5. The van der Waals surface area contributed by atoms with Gasteiger partial charge < -0.3 is 23.7 Å². The Kier molecular flexibility index (Phi) is 9.52. The Morgan fingerprint density at radius 2 is 2.07 bits per heavy atom. The average Bonchev–Trinajstić information content (AvgIpc) is 3.46. The molecule has 3 heterocycles. The van der Waals surface area contributed by atoms with Crippen molar-refractivity contribution in [3.05, 3.63) is 47.9 Å². The first-order chi connectivity index (χ1) is 20.0. The van der Waals surface area contributed by atoms with Crippen LogP contribution in [-0.2, 0) is 29.8 Å². The van der Waals surface area contributed by atoms with E-state index in [0.29, 0.717) is 0 Å². The monoisotopic (exact) mass is 605 g/mol. The highest BCUT2D eigenvalue weighted by atomic mass is 31.2. The molecule has 3 aromatic rings. The molecule has 42 heavy (non-hydrogen) atoms. The maximum absolute atomic E-state index is 16.1. The molecule has 6 atom stereocenters. The number of halogens is 1. The minimum atomic E-state index is -4.31. The fraction of sp³-hybridized carbons (Fsp3) is 0.444. The summed E-state index contributed by atoms with van der Waals surface area (Å²) in [6, 6.07) is 5.74. The number of anilines is 1. The smallest absolute Gasteiger partial charge is 0.459 e. The lowest BCUT2D eigenvalue weighted by Gasteiger charge is -2.25. The summed E-state index contributed by atoms with van der Waals surface area (Å²) in [5.74, 6) is 1.90. The standard InChI is InChI=1S/C27H33FN5O8P/c1-6-8-17-9-11-19(12-10-17)41-42(37,32-16(3)25(35)38-5)39-14-20-22(34)27(4,28)26(40-20)33-13-18(7-2)21-23(31-36)29-15-30-24(21)33/h2,9-13,15-16,20,22,26,34,36H,6,8,14H2,1,3-5H3,(H,32,37)(H,29,30,31)/t16?,20-,22-,26-,27-,42?/m1/s1. The molecule has 1 saturated heterocycles. The van der Waals surface area contributed by atoms with Crippen molar-refractivity contribution in [2.45, 2.75) is 63.8 Å². The summed E-state index contributed by atoms with van der Waals surface area (Å²) < 4.78 is 53.0. The third kappa shape index (κ3) is 6.27. The molecule has 4 rings (SSSR count). The van der Waals surface area contributed by atoms with E-state index in [2.05, 4.69) is 21.0 Å². The Hall–Kier alpha value is -3.57.